The molecule has 1 N–H and O–H groups in total. The van der Waals surface area contributed by atoms with Crippen molar-refractivity contribution in [2.75, 3.05) is 11.9 Å². The van der Waals surface area contributed by atoms with Gasteiger partial charge in [-0.3, -0.25) is 0 Å². The summed E-state index contributed by atoms with van der Waals surface area (Å²) in [5.41, 5.74) is 3.36. The lowest BCUT2D eigenvalue weighted by atomic mass is 9.76. The predicted octanol–water partition coefficient (Wildman–Crippen LogP) is 4.83. The molecule has 4 heteroatoms. The summed E-state index contributed by atoms with van der Waals surface area (Å²) in [5, 5.41) is 3.51. The maximum atomic E-state index is 13.8. The Balaban J connectivity index is 1.80. The smallest absolute Gasteiger partial charge is 0.340 e. The van der Waals surface area contributed by atoms with Gasteiger partial charge in [0.1, 0.15) is 5.82 Å². The number of esters is 1. The number of benzene rings is 2. The summed E-state index contributed by atoms with van der Waals surface area (Å²) < 4.78 is 19.0. The zero-order valence-corrected chi connectivity index (χ0v) is 14.0. The van der Waals surface area contributed by atoms with Crippen molar-refractivity contribution in [2.24, 2.45) is 5.92 Å². The van der Waals surface area contributed by atoms with Crippen molar-refractivity contribution in [3.63, 3.8) is 0 Å². The number of anilines is 1. The second-order valence-corrected chi connectivity index (χ2v) is 6.52. The molecule has 2 aromatic carbocycles. The van der Waals surface area contributed by atoms with Gasteiger partial charge >= 0.3 is 5.97 Å². The molecule has 0 aromatic heterocycles. The number of ether oxygens (including phenoxy) is 1. The van der Waals surface area contributed by atoms with Crippen LogP contribution in [0.15, 0.2) is 54.6 Å². The van der Waals surface area contributed by atoms with Crippen molar-refractivity contribution < 1.29 is 13.9 Å². The summed E-state index contributed by atoms with van der Waals surface area (Å²) in [5.74, 6) is -0.0396. The Labute approximate surface area is 146 Å². The van der Waals surface area contributed by atoms with Crippen LogP contribution in [0.2, 0.25) is 0 Å². The standard InChI is InChI=1S/C21H20FNO2/c1-2-25-21(24)18-11-5-10-17-15-8-4-9-16(15)19(23-20(17)18)13-6-3-7-14(22)12-13/h3-8,10-12,15-16,19,23H,2,9H2,1H3/t15-,16+,19-/m1/s1. The van der Waals surface area contributed by atoms with Gasteiger partial charge in [-0.05, 0) is 48.6 Å². The molecule has 0 saturated heterocycles. The van der Waals surface area contributed by atoms with Crippen LogP contribution in [0.4, 0.5) is 10.1 Å². The third-order valence-electron chi connectivity index (χ3n) is 5.10. The van der Waals surface area contributed by atoms with Crippen LogP contribution < -0.4 is 5.32 Å². The van der Waals surface area contributed by atoms with Gasteiger partial charge in [0.05, 0.1) is 23.9 Å². The van der Waals surface area contributed by atoms with E-state index >= 15 is 0 Å². The van der Waals surface area contributed by atoms with Gasteiger partial charge in [0.25, 0.3) is 0 Å². The minimum atomic E-state index is -0.328. The van der Waals surface area contributed by atoms with Crippen molar-refractivity contribution in [3.8, 4) is 0 Å². The minimum absolute atomic E-state index is 0.0428. The molecule has 1 heterocycles. The molecule has 2 aromatic rings. The van der Waals surface area contributed by atoms with Gasteiger partial charge in [0.15, 0.2) is 0 Å². The monoisotopic (exact) mass is 337 g/mol. The van der Waals surface area contributed by atoms with Crippen molar-refractivity contribution in [2.45, 2.75) is 25.3 Å². The Hall–Kier alpha value is -2.62. The van der Waals surface area contributed by atoms with E-state index in [-0.39, 0.29) is 23.7 Å². The Bertz CT molecular complexity index is 846. The summed E-state index contributed by atoms with van der Waals surface area (Å²) >= 11 is 0. The van der Waals surface area contributed by atoms with Gasteiger partial charge in [-0.15, -0.1) is 0 Å². The van der Waals surface area contributed by atoms with Crippen LogP contribution in [0.1, 0.15) is 46.8 Å². The van der Waals surface area contributed by atoms with E-state index in [1.807, 2.05) is 12.1 Å². The summed E-state index contributed by atoms with van der Waals surface area (Å²) in [6.45, 7) is 2.13. The molecule has 1 aliphatic heterocycles. The minimum Gasteiger partial charge on any atom is -0.462 e. The number of carbonyl (C=O) groups is 1. The summed E-state index contributed by atoms with van der Waals surface area (Å²) in [6.07, 6.45) is 5.31. The van der Waals surface area contributed by atoms with Gasteiger partial charge in [0, 0.05) is 5.92 Å². The third kappa shape index (κ3) is 2.72. The largest absolute Gasteiger partial charge is 0.462 e. The van der Waals surface area contributed by atoms with E-state index < -0.39 is 0 Å². The molecule has 3 atom stereocenters. The number of hydrogen-bond donors (Lipinski definition) is 1. The zero-order chi connectivity index (χ0) is 17.4. The van der Waals surface area contributed by atoms with Crippen molar-refractivity contribution >= 4 is 11.7 Å². The number of rotatable bonds is 3. The molecule has 25 heavy (non-hydrogen) atoms. The van der Waals surface area contributed by atoms with Crippen molar-refractivity contribution in [1.82, 2.24) is 0 Å². The Kier molecular flexibility index (Phi) is 4.04. The third-order valence-corrected chi connectivity index (χ3v) is 5.10. The van der Waals surface area contributed by atoms with E-state index in [4.69, 9.17) is 4.74 Å². The molecule has 4 rings (SSSR count). The highest BCUT2D eigenvalue weighted by molar-refractivity contribution is 5.97. The first kappa shape index (κ1) is 15.9. The van der Waals surface area contributed by atoms with E-state index in [2.05, 4.69) is 23.5 Å². The Morgan fingerprint density at radius 3 is 2.92 bits per heavy atom. The predicted molar refractivity (Wildman–Crippen MR) is 95.2 cm³/mol. The molecule has 1 aliphatic carbocycles. The number of allylic oxidation sites excluding steroid dienone is 2. The first-order valence-corrected chi connectivity index (χ1v) is 8.67. The van der Waals surface area contributed by atoms with Crippen molar-refractivity contribution in [3.05, 3.63) is 77.1 Å². The normalized spacial score (nSPS) is 23.5. The van der Waals surface area contributed by atoms with Gasteiger partial charge < -0.3 is 10.1 Å². The van der Waals surface area contributed by atoms with Gasteiger partial charge in [0.2, 0.25) is 0 Å². The van der Waals surface area contributed by atoms with E-state index in [1.54, 1.807) is 25.1 Å². The fourth-order valence-electron chi connectivity index (χ4n) is 4.03. The van der Waals surface area contributed by atoms with E-state index in [0.717, 1.165) is 23.2 Å². The first-order valence-electron chi connectivity index (χ1n) is 8.67. The van der Waals surface area contributed by atoms with Crippen LogP contribution in [0.3, 0.4) is 0 Å². The van der Waals surface area contributed by atoms with Gasteiger partial charge in [-0.1, -0.05) is 36.4 Å². The Morgan fingerprint density at radius 1 is 1.28 bits per heavy atom. The highest BCUT2D eigenvalue weighted by Crippen LogP contribution is 2.50. The average Bonchev–Trinajstić information content (AvgIpc) is 3.10. The summed E-state index contributed by atoms with van der Waals surface area (Å²) in [4.78, 5) is 12.4. The lowest BCUT2D eigenvalue weighted by Gasteiger charge is -2.38. The van der Waals surface area contributed by atoms with E-state index in [9.17, 15) is 9.18 Å². The van der Waals surface area contributed by atoms with Crippen LogP contribution in [-0.2, 0) is 4.74 Å². The highest BCUT2D eigenvalue weighted by atomic mass is 19.1. The van der Waals surface area contributed by atoms with Gasteiger partial charge in [-0.25, -0.2) is 9.18 Å². The highest BCUT2D eigenvalue weighted by Gasteiger charge is 2.39. The topological polar surface area (TPSA) is 38.3 Å². The quantitative estimate of drug-likeness (QED) is 0.644. The van der Waals surface area contributed by atoms with Crippen LogP contribution in [-0.4, -0.2) is 12.6 Å². The lowest BCUT2D eigenvalue weighted by Crippen LogP contribution is -2.30. The molecular weight excluding hydrogens is 317 g/mol. The van der Waals surface area contributed by atoms with Crippen molar-refractivity contribution in [1.29, 1.82) is 0 Å². The Morgan fingerprint density at radius 2 is 2.12 bits per heavy atom. The van der Waals surface area contributed by atoms with Crippen LogP contribution in [0.25, 0.3) is 0 Å². The molecule has 0 fully saturated rings. The maximum absolute atomic E-state index is 13.8. The number of carbonyl (C=O) groups excluding carboxylic acids is 1. The fraction of sp³-hybridized carbons (Fsp3) is 0.286. The molecule has 0 radical (unpaired) electrons. The number of halogens is 1. The SMILES string of the molecule is CCOC(=O)c1cccc2c1N[C@H](c1cccc(F)c1)[C@H]1CC=C[C@@H]21. The number of para-hydroxylation sites is 1. The van der Waals surface area contributed by atoms with Crippen LogP contribution in [0.5, 0.6) is 0 Å². The van der Waals surface area contributed by atoms with Crippen LogP contribution in [0, 0.1) is 11.7 Å². The second kappa shape index (κ2) is 6.36. The molecule has 3 nitrogen and oxygen atoms in total. The molecule has 0 saturated carbocycles. The van der Waals surface area contributed by atoms with Crippen LogP contribution >= 0.6 is 0 Å². The number of hydrogen-bond acceptors (Lipinski definition) is 3. The molecular formula is C21H20FNO2. The molecule has 0 unspecified atom stereocenters. The number of nitrogens with one attached hydrogen (secondary N) is 1. The molecule has 128 valence electrons. The van der Waals surface area contributed by atoms with Gasteiger partial charge in [-0.2, -0.15) is 0 Å². The maximum Gasteiger partial charge on any atom is 0.340 e. The van der Waals surface area contributed by atoms with E-state index in [1.165, 1.54) is 6.07 Å². The molecule has 0 amide bonds. The molecule has 0 spiro atoms. The summed E-state index contributed by atoms with van der Waals surface area (Å²) in [6, 6.07) is 12.4. The summed E-state index contributed by atoms with van der Waals surface area (Å²) in [7, 11) is 0. The fourth-order valence-corrected chi connectivity index (χ4v) is 4.03. The second-order valence-electron chi connectivity index (χ2n) is 6.52. The first-order chi connectivity index (χ1) is 12.2. The molecule has 2 aliphatic rings. The lowest BCUT2D eigenvalue weighted by molar-refractivity contribution is 0.0527. The average molecular weight is 337 g/mol. The zero-order valence-electron chi connectivity index (χ0n) is 14.0. The van der Waals surface area contributed by atoms with E-state index in [0.29, 0.717) is 18.1 Å². The molecule has 0 bridgehead atoms. The number of fused-ring (bicyclic) bond motifs is 3.